The topological polar surface area (TPSA) is 136 Å². The van der Waals surface area contributed by atoms with Gasteiger partial charge in [0.05, 0.1) is 6.26 Å². The highest BCUT2D eigenvalue weighted by Crippen LogP contribution is 2.10. The normalized spacial score (nSPS) is 12.4. The second kappa shape index (κ2) is 10.8. The molecule has 0 aromatic heterocycles. The third-order valence-corrected chi connectivity index (χ3v) is 4.63. The second-order valence-electron chi connectivity index (χ2n) is 6.47. The number of carboxylic acid groups (broad SMARTS) is 1. The average molecular weight is 397 g/mol. The van der Waals surface area contributed by atoms with Crippen LogP contribution in [-0.4, -0.2) is 50.0 Å². The van der Waals surface area contributed by atoms with Gasteiger partial charge in [-0.15, -0.1) is 0 Å². The van der Waals surface area contributed by atoms with Crippen molar-refractivity contribution in [3.8, 4) is 0 Å². The average Bonchev–Trinajstić information content (AvgIpc) is 2.57. The number of nitrogens with one attached hydrogen (secondary N) is 3. The Morgan fingerprint density at radius 2 is 1.78 bits per heavy atom. The molecule has 0 saturated heterocycles. The van der Waals surface area contributed by atoms with E-state index in [1.54, 1.807) is 6.92 Å². The van der Waals surface area contributed by atoms with E-state index < -0.39 is 22.0 Å². The molecule has 0 spiro atoms. The fourth-order valence-electron chi connectivity index (χ4n) is 2.45. The summed E-state index contributed by atoms with van der Waals surface area (Å²) in [5.41, 5.74) is 2.62. The zero-order valence-corrected chi connectivity index (χ0v) is 16.4. The van der Waals surface area contributed by atoms with Crippen LogP contribution in [0.4, 0.5) is 0 Å². The molecule has 27 heavy (non-hydrogen) atoms. The predicted molar refractivity (Wildman–Crippen MR) is 104 cm³/mol. The quantitative estimate of drug-likeness (QED) is 0.311. The molecule has 1 atom stereocenters. The Hall–Kier alpha value is -2.26. The first kappa shape index (κ1) is 22.8. The van der Waals surface area contributed by atoms with Gasteiger partial charge in [0.2, 0.25) is 15.9 Å². The van der Waals surface area contributed by atoms with Crippen molar-refractivity contribution in [1.82, 2.24) is 10.0 Å². The van der Waals surface area contributed by atoms with Crippen LogP contribution in [0.15, 0.2) is 24.3 Å². The van der Waals surface area contributed by atoms with Gasteiger partial charge in [-0.25, -0.2) is 8.42 Å². The monoisotopic (exact) mass is 397 g/mol. The number of hydrogen-bond acceptors (Lipinski definition) is 5. The number of amides is 1. The van der Waals surface area contributed by atoms with Crippen LogP contribution in [0, 0.1) is 5.41 Å². The molecule has 0 fully saturated rings. The minimum Gasteiger partial charge on any atom is -0.480 e. The Balaban J connectivity index is 2.24. The van der Waals surface area contributed by atoms with Gasteiger partial charge in [0.15, 0.2) is 0 Å². The number of hydrogen-bond donors (Lipinski definition) is 4. The number of unbranched alkanes of at least 4 members (excludes halogenated alkanes) is 2. The van der Waals surface area contributed by atoms with Crippen molar-refractivity contribution in [2.45, 2.75) is 45.1 Å². The van der Waals surface area contributed by atoms with Gasteiger partial charge in [-0.3, -0.25) is 9.59 Å². The van der Waals surface area contributed by atoms with Crippen molar-refractivity contribution in [2.75, 3.05) is 12.8 Å². The summed E-state index contributed by atoms with van der Waals surface area (Å²) >= 11 is 0. The third kappa shape index (κ3) is 9.86. The van der Waals surface area contributed by atoms with E-state index >= 15 is 0 Å². The molecule has 0 aliphatic carbocycles. The number of aryl methyl sites for hydroxylation is 1. The van der Waals surface area contributed by atoms with E-state index in [1.165, 1.54) is 5.56 Å². The van der Waals surface area contributed by atoms with Crippen LogP contribution in [0.3, 0.4) is 0 Å². The minimum absolute atomic E-state index is 0.261. The molecule has 0 bridgehead atoms. The van der Waals surface area contributed by atoms with Crippen LogP contribution in [0.25, 0.3) is 0 Å². The first-order valence-corrected chi connectivity index (χ1v) is 10.6. The zero-order valence-electron chi connectivity index (χ0n) is 15.6. The van der Waals surface area contributed by atoms with E-state index in [2.05, 4.69) is 5.32 Å². The van der Waals surface area contributed by atoms with E-state index in [1.807, 2.05) is 29.0 Å². The second-order valence-corrected chi connectivity index (χ2v) is 8.25. The molecular weight excluding hydrogens is 370 g/mol. The molecule has 1 rings (SSSR count). The maximum Gasteiger partial charge on any atom is 0.323 e. The summed E-state index contributed by atoms with van der Waals surface area (Å²) in [4.78, 5) is 22.8. The Kier molecular flexibility index (Phi) is 9.10. The van der Waals surface area contributed by atoms with Gasteiger partial charge < -0.3 is 15.8 Å². The maximum absolute atomic E-state index is 11.8. The molecule has 0 radical (unpaired) electrons. The van der Waals surface area contributed by atoms with Crippen LogP contribution in [0.5, 0.6) is 0 Å². The number of carbonyl (C=O) groups excluding carboxylic acids is 1. The van der Waals surface area contributed by atoms with Crippen LogP contribution in [-0.2, 0) is 26.0 Å². The van der Waals surface area contributed by atoms with Crippen molar-refractivity contribution in [3.05, 3.63) is 35.4 Å². The molecule has 9 heteroatoms. The summed E-state index contributed by atoms with van der Waals surface area (Å²) in [6.07, 6.45) is 4.45. The minimum atomic E-state index is -3.67. The van der Waals surface area contributed by atoms with Crippen molar-refractivity contribution >= 4 is 27.6 Å². The van der Waals surface area contributed by atoms with E-state index in [4.69, 9.17) is 10.5 Å². The Labute approximate surface area is 159 Å². The smallest absolute Gasteiger partial charge is 0.323 e. The third-order valence-electron chi connectivity index (χ3n) is 3.91. The van der Waals surface area contributed by atoms with Crippen molar-refractivity contribution in [2.24, 2.45) is 0 Å². The molecule has 0 aliphatic heterocycles. The summed E-state index contributed by atoms with van der Waals surface area (Å²) in [5, 5.41) is 19.0. The Morgan fingerprint density at radius 3 is 2.30 bits per heavy atom. The Bertz CT molecular complexity index is 760. The maximum atomic E-state index is 11.8. The highest BCUT2D eigenvalue weighted by atomic mass is 32.2. The first-order chi connectivity index (χ1) is 12.6. The molecular formula is C18H27N3O5S. The molecule has 150 valence electrons. The van der Waals surface area contributed by atoms with Gasteiger partial charge in [-0.1, -0.05) is 30.7 Å². The summed E-state index contributed by atoms with van der Waals surface area (Å²) in [6.45, 7) is 1.45. The largest absolute Gasteiger partial charge is 0.480 e. The number of carbonyl (C=O) groups is 2. The molecule has 8 nitrogen and oxygen atoms in total. The number of benzene rings is 1. The Morgan fingerprint density at radius 1 is 1.15 bits per heavy atom. The lowest BCUT2D eigenvalue weighted by Crippen LogP contribution is -2.48. The van der Waals surface area contributed by atoms with Crippen molar-refractivity contribution in [3.63, 3.8) is 0 Å². The fraction of sp³-hybridized carbons (Fsp3) is 0.500. The first-order valence-electron chi connectivity index (χ1n) is 8.70. The summed E-state index contributed by atoms with van der Waals surface area (Å²) in [7, 11) is -3.67. The van der Waals surface area contributed by atoms with Crippen LogP contribution < -0.4 is 10.0 Å². The molecule has 1 aromatic carbocycles. The van der Waals surface area contributed by atoms with Gasteiger partial charge in [-0.05, 0) is 37.3 Å². The van der Waals surface area contributed by atoms with Crippen LogP contribution in [0.2, 0.25) is 0 Å². The van der Waals surface area contributed by atoms with Gasteiger partial charge in [-0.2, -0.15) is 4.72 Å². The lowest BCUT2D eigenvalue weighted by molar-refractivity contribution is -0.138. The van der Waals surface area contributed by atoms with Gasteiger partial charge >= 0.3 is 5.97 Å². The standard InChI is InChI=1S/C18H27N3O5S/c1-13(19)15-10-8-14(9-11-15)6-4-3-5-7-17(22)20-12-16(18(23)24)21-27(2,25)26/h8-11,16,19,21H,3-7,12H2,1-2H3,(H,20,22)(H,23,24). The summed E-state index contributed by atoms with van der Waals surface area (Å²) < 4.78 is 24.2. The highest BCUT2D eigenvalue weighted by Gasteiger charge is 2.21. The molecule has 4 N–H and O–H groups in total. The lowest BCUT2D eigenvalue weighted by Gasteiger charge is -2.13. The number of aliphatic carboxylic acids is 1. The number of rotatable bonds is 12. The predicted octanol–water partition coefficient (Wildman–Crippen LogP) is 1.30. The van der Waals surface area contributed by atoms with Gasteiger partial charge in [0.25, 0.3) is 0 Å². The zero-order chi connectivity index (χ0) is 20.4. The fourth-order valence-corrected chi connectivity index (χ4v) is 3.16. The van der Waals surface area contributed by atoms with Gasteiger partial charge in [0, 0.05) is 18.7 Å². The van der Waals surface area contributed by atoms with E-state index in [0.717, 1.165) is 31.1 Å². The van der Waals surface area contributed by atoms with E-state index in [-0.39, 0.29) is 18.9 Å². The number of sulfonamides is 1. The SMILES string of the molecule is CC(=N)c1ccc(CCCCCC(=O)NCC(NS(C)(=O)=O)C(=O)O)cc1. The van der Waals surface area contributed by atoms with E-state index in [9.17, 15) is 18.0 Å². The van der Waals surface area contributed by atoms with Crippen molar-refractivity contribution < 1.29 is 23.1 Å². The molecule has 1 unspecified atom stereocenters. The summed E-state index contributed by atoms with van der Waals surface area (Å²) in [6, 6.07) is 6.47. The molecule has 0 heterocycles. The lowest BCUT2D eigenvalue weighted by atomic mass is 10.0. The highest BCUT2D eigenvalue weighted by molar-refractivity contribution is 7.88. The molecule has 1 amide bonds. The molecule has 1 aromatic rings. The van der Waals surface area contributed by atoms with Gasteiger partial charge in [0.1, 0.15) is 6.04 Å². The van der Waals surface area contributed by atoms with Crippen LogP contribution >= 0.6 is 0 Å². The summed E-state index contributed by atoms with van der Waals surface area (Å²) in [5.74, 6) is -1.65. The number of carboxylic acids is 1. The van der Waals surface area contributed by atoms with Crippen molar-refractivity contribution in [1.29, 1.82) is 5.41 Å². The van der Waals surface area contributed by atoms with Crippen LogP contribution in [0.1, 0.15) is 43.7 Å². The molecule has 0 aliphatic rings. The van der Waals surface area contributed by atoms with E-state index in [0.29, 0.717) is 12.1 Å². The molecule has 0 saturated carbocycles.